The van der Waals surface area contributed by atoms with Gasteiger partial charge >= 0.3 is 0 Å². The van der Waals surface area contributed by atoms with Crippen LogP contribution in [0, 0.1) is 11.3 Å². The number of rotatable bonds is 9. The van der Waals surface area contributed by atoms with Crippen molar-refractivity contribution in [1.82, 2.24) is 14.8 Å². The van der Waals surface area contributed by atoms with Gasteiger partial charge in [-0.2, -0.15) is 5.26 Å². The summed E-state index contributed by atoms with van der Waals surface area (Å²) in [6, 6.07) is 10.4. The largest absolute Gasteiger partial charge is 0.486 e. The van der Waals surface area contributed by atoms with E-state index in [9.17, 15) is 10.1 Å². The number of benzene rings is 1. The van der Waals surface area contributed by atoms with Crippen LogP contribution in [0.4, 0.5) is 5.00 Å². The lowest BCUT2D eigenvalue weighted by atomic mass is 9.97. The molecule has 7 nitrogen and oxygen atoms in total. The zero-order chi connectivity index (χ0) is 24.6. The second-order valence-corrected chi connectivity index (χ2v) is 10.5. The minimum atomic E-state index is -0.139. The van der Waals surface area contributed by atoms with Gasteiger partial charge in [0.1, 0.15) is 23.4 Å². The van der Waals surface area contributed by atoms with Crippen molar-refractivity contribution in [2.45, 2.75) is 77.1 Å². The van der Waals surface area contributed by atoms with Gasteiger partial charge in [-0.1, -0.05) is 43.7 Å². The molecule has 0 aliphatic heterocycles. The van der Waals surface area contributed by atoms with Crippen molar-refractivity contribution in [3.63, 3.8) is 0 Å². The van der Waals surface area contributed by atoms with Crippen LogP contribution < -0.4 is 10.1 Å². The number of carbonyl (C=O) groups is 1. The molecule has 0 atom stereocenters. The van der Waals surface area contributed by atoms with E-state index in [1.807, 2.05) is 23.6 Å². The standard InChI is InChI=1S/C26H31N5O2S2/c1-3-18-11-13-19(14-12-18)33-16-23-29-30-26(31(23)4-2)34-17-24(32)28-25-21(15-27)20-9-7-5-6-8-10-22(20)35-25/h11-14H,3-10,16-17H2,1-2H3,(H,28,32). The third-order valence-corrected chi connectivity index (χ3v) is 8.35. The van der Waals surface area contributed by atoms with Crippen LogP contribution in [-0.4, -0.2) is 26.4 Å². The van der Waals surface area contributed by atoms with Gasteiger partial charge in [-0.05, 0) is 62.3 Å². The van der Waals surface area contributed by atoms with Crippen LogP contribution in [0.25, 0.3) is 0 Å². The van der Waals surface area contributed by atoms with E-state index in [0.29, 0.717) is 28.9 Å². The molecule has 0 bridgehead atoms. The molecule has 0 radical (unpaired) electrons. The number of thioether (sulfide) groups is 1. The van der Waals surface area contributed by atoms with E-state index in [2.05, 4.69) is 40.6 Å². The number of thiophene rings is 1. The summed E-state index contributed by atoms with van der Waals surface area (Å²) in [5.41, 5.74) is 3.05. The van der Waals surface area contributed by atoms with E-state index in [0.717, 1.165) is 49.2 Å². The van der Waals surface area contributed by atoms with Crippen molar-refractivity contribution in [2.24, 2.45) is 0 Å². The number of fused-ring (bicyclic) bond motifs is 1. The molecule has 3 aromatic rings. The molecule has 1 N–H and O–H groups in total. The maximum Gasteiger partial charge on any atom is 0.235 e. The average Bonchev–Trinajstić information content (AvgIpc) is 3.41. The fourth-order valence-corrected chi connectivity index (χ4v) is 6.32. The Morgan fingerprint density at radius 3 is 2.66 bits per heavy atom. The maximum atomic E-state index is 12.8. The first kappa shape index (κ1) is 25.3. The van der Waals surface area contributed by atoms with Crippen molar-refractivity contribution in [3.8, 4) is 11.8 Å². The zero-order valence-electron chi connectivity index (χ0n) is 20.3. The molecular formula is C26H31N5O2S2. The molecule has 35 heavy (non-hydrogen) atoms. The van der Waals surface area contributed by atoms with E-state index in [1.54, 1.807) is 11.3 Å². The predicted molar refractivity (Wildman–Crippen MR) is 140 cm³/mol. The third-order valence-electron chi connectivity index (χ3n) is 6.18. The van der Waals surface area contributed by atoms with E-state index in [-0.39, 0.29) is 11.7 Å². The van der Waals surface area contributed by atoms with Crippen molar-refractivity contribution >= 4 is 34.0 Å². The Kier molecular flexibility index (Phi) is 8.83. The molecule has 2 aromatic heterocycles. The van der Waals surface area contributed by atoms with E-state index in [1.165, 1.54) is 35.0 Å². The number of nitriles is 1. The second-order valence-electron chi connectivity index (χ2n) is 8.50. The SMILES string of the molecule is CCc1ccc(OCc2nnc(SCC(=O)Nc3sc4c(c3C#N)CCCCCC4)n2CC)cc1. The topological polar surface area (TPSA) is 92.8 Å². The number of aryl methyl sites for hydroxylation is 2. The lowest BCUT2D eigenvalue weighted by Crippen LogP contribution is -2.15. The molecule has 9 heteroatoms. The van der Waals surface area contributed by atoms with Crippen LogP contribution in [0.2, 0.25) is 0 Å². The smallest absolute Gasteiger partial charge is 0.235 e. The molecule has 1 aliphatic carbocycles. The number of aromatic nitrogens is 3. The number of hydrogen-bond donors (Lipinski definition) is 1. The zero-order valence-corrected chi connectivity index (χ0v) is 21.9. The maximum absolute atomic E-state index is 12.8. The normalized spacial score (nSPS) is 13.4. The Balaban J connectivity index is 1.36. The Labute approximate surface area is 214 Å². The molecule has 1 aliphatic rings. The Bertz CT molecular complexity index is 1190. The van der Waals surface area contributed by atoms with Gasteiger partial charge in [0, 0.05) is 11.4 Å². The lowest BCUT2D eigenvalue weighted by molar-refractivity contribution is -0.113. The molecule has 0 unspecified atom stereocenters. The molecule has 184 valence electrons. The predicted octanol–water partition coefficient (Wildman–Crippen LogP) is 5.76. The highest BCUT2D eigenvalue weighted by Gasteiger charge is 2.21. The summed E-state index contributed by atoms with van der Waals surface area (Å²) in [5, 5.41) is 22.7. The summed E-state index contributed by atoms with van der Waals surface area (Å²) in [6.45, 7) is 5.14. The Hall–Kier alpha value is -2.83. The molecule has 1 aromatic carbocycles. The van der Waals surface area contributed by atoms with E-state index < -0.39 is 0 Å². The summed E-state index contributed by atoms with van der Waals surface area (Å²) in [4.78, 5) is 14.0. The van der Waals surface area contributed by atoms with Crippen LogP contribution in [0.15, 0.2) is 29.4 Å². The number of carbonyl (C=O) groups excluding carboxylic acids is 1. The van der Waals surface area contributed by atoms with Crippen molar-refractivity contribution in [1.29, 1.82) is 5.26 Å². The molecule has 2 heterocycles. The van der Waals surface area contributed by atoms with Gasteiger partial charge in [-0.3, -0.25) is 4.79 Å². The van der Waals surface area contributed by atoms with E-state index in [4.69, 9.17) is 4.74 Å². The fraction of sp³-hybridized carbons (Fsp3) is 0.462. The highest BCUT2D eigenvalue weighted by Crippen LogP contribution is 2.36. The highest BCUT2D eigenvalue weighted by atomic mass is 32.2. The third kappa shape index (κ3) is 6.24. The Morgan fingerprint density at radius 2 is 1.94 bits per heavy atom. The molecular weight excluding hydrogens is 478 g/mol. The first-order valence-corrected chi connectivity index (χ1v) is 14.0. The number of hydrogen-bond acceptors (Lipinski definition) is 7. The number of nitrogens with one attached hydrogen (secondary N) is 1. The lowest BCUT2D eigenvalue weighted by Gasteiger charge is -2.09. The molecule has 0 saturated heterocycles. The summed E-state index contributed by atoms with van der Waals surface area (Å²) in [6.07, 6.45) is 7.59. The Morgan fingerprint density at radius 1 is 1.17 bits per heavy atom. The van der Waals surface area contributed by atoms with Crippen molar-refractivity contribution in [3.05, 3.63) is 51.7 Å². The minimum absolute atomic E-state index is 0.139. The first-order valence-electron chi connectivity index (χ1n) is 12.2. The molecule has 1 amide bonds. The average molecular weight is 510 g/mol. The fourth-order valence-electron chi connectivity index (χ4n) is 4.24. The summed E-state index contributed by atoms with van der Waals surface area (Å²) >= 11 is 2.91. The van der Waals surface area contributed by atoms with Gasteiger partial charge in [0.15, 0.2) is 11.0 Å². The van der Waals surface area contributed by atoms with Gasteiger partial charge in [0.2, 0.25) is 5.91 Å². The first-order chi connectivity index (χ1) is 17.1. The molecule has 0 spiro atoms. The minimum Gasteiger partial charge on any atom is -0.486 e. The monoisotopic (exact) mass is 509 g/mol. The van der Waals surface area contributed by atoms with Crippen LogP contribution in [0.5, 0.6) is 5.75 Å². The number of anilines is 1. The van der Waals surface area contributed by atoms with Crippen LogP contribution in [-0.2, 0) is 37.2 Å². The quantitative estimate of drug-likeness (QED) is 0.369. The highest BCUT2D eigenvalue weighted by molar-refractivity contribution is 7.99. The molecule has 4 rings (SSSR count). The summed E-state index contributed by atoms with van der Waals surface area (Å²) < 4.78 is 7.86. The van der Waals surface area contributed by atoms with E-state index >= 15 is 0 Å². The molecule has 0 saturated carbocycles. The van der Waals surface area contributed by atoms with Gasteiger partial charge in [0.25, 0.3) is 0 Å². The second kappa shape index (κ2) is 12.2. The van der Waals surface area contributed by atoms with Gasteiger partial charge < -0.3 is 14.6 Å². The summed E-state index contributed by atoms with van der Waals surface area (Å²) in [5.74, 6) is 1.57. The number of amides is 1. The molecule has 0 fully saturated rings. The van der Waals surface area contributed by atoms with Crippen LogP contribution >= 0.6 is 23.1 Å². The van der Waals surface area contributed by atoms with Crippen LogP contribution in [0.1, 0.15) is 66.9 Å². The summed E-state index contributed by atoms with van der Waals surface area (Å²) in [7, 11) is 0. The van der Waals surface area contributed by atoms with Crippen LogP contribution in [0.3, 0.4) is 0 Å². The van der Waals surface area contributed by atoms with Crippen molar-refractivity contribution < 1.29 is 9.53 Å². The van der Waals surface area contributed by atoms with Gasteiger partial charge in [-0.15, -0.1) is 21.5 Å². The van der Waals surface area contributed by atoms with Crippen molar-refractivity contribution in [2.75, 3.05) is 11.1 Å². The number of ether oxygens (including phenoxy) is 1. The van der Waals surface area contributed by atoms with Gasteiger partial charge in [0.05, 0.1) is 11.3 Å². The van der Waals surface area contributed by atoms with Gasteiger partial charge in [-0.25, -0.2) is 0 Å². The number of nitrogens with zero attached hydrogens (tertiary/aromatic N) is 4.